The zero-order chi connectivity index (χ0) is 27.0. The Hall–Kier alpha value is -2.24. The van der Waals surface area contributed by atoms with Gasteiger partial charge in [-0.3, -0.25) is 9.21 Å². The summed E-state index contributed by atoms with van der Waals surface area (Å²) in [5, 5.41) is 3.70. The van der Waals surface area contributed by atoms with Gasteiger partial charge in [0.25, 0.3) is 10.0 Å². The Morgan fingerprint density at radius 2 is 2.00 bits per heavy atom. The first kappa shape index (κ1) is 29.3. The molecular weight excluding hydrogens is 561 g/mol. The maximum absolute atomic E-state index is 13.6. The van der Waals surface area contributed by atoms with Gasteiger partial charge in [0.05, 0.1) is 23.0 Å². The van der Waals surface area contributed by atoms with Crippen LogP contribution in [-0.4, -0.2) is 55.1 Å². The van der Waals surface area contributed by atoms with Crippen molar-refractivity contribution in [2.45, 2.75) is 76.3 Å². The minimum Gasteiger partial charge on any atom is -0.378 e. The zero-order valence-electron chi connectivity index (χ0n) is 22.5. The first-order valence-electron chi connectivity index (χ1n) is 13.9. The quantitative estimate of drug-likeness (QED) is 0.217. The SMILES string of the molecule is C.CC(C)N(c1cccc2cc(-c3ncc(CN4CCC(CC5CCCO5)CC4)s3)[nH]c12)S(=O)(=O)c1cccs1. The first-order chi connectivity index (χ1) is 18.9. The summed E-state index contributed by atoms with van der Waals surface area (Å²) in [5.41, 5.74) is 2.39. The van der Waals surface area contributed by atoms with Gasteiger partial charge in [0.2, 0.25) is 0 Å². The lowest BCUT2D eigenvalue weighted by Crippen LogP contribution is -2.36. The lowest BCUT2D eigenvalue weighted by Gasteiger charge is -2.32. The molecule has 0 aliphatic carbocycles. The van der Waals surface area contributed by atoms with Crippen molar-refractivity contribution in [2.75, 3.05) is 24.0 Å². The van der Waals surface area contributed by atoms with Crippen molar-refractivity contribution in [3.63, 3.8) is 0 Å². The Labute approximate surface area is 246 Å². The number of likely N-dealkylation sites (tertiary alicyclic amines) is 1. The van der Waals surface area contributed by atoms with Crippen LogP contribution in [0.3, 0.4) is 0 Å². The molecule has 2 aliphatic heterocycles. The molecule has 4 aromatic rings. The summed E-state index contributed by atoms with van der Waals surface area (Å²) in [5.74, 6) is 0.788. The number of fused-ring (bicyclic) bond motifs is 1. The average Bonchev–Trinajstić information content (AvgIpc) is 3.72. The summed E-state index contributed by atoms with van der Waals surface area (Å²) in [7, 11) is -3.67. The molecule has 7 nitrogen and oxygen atoms in total. The molecule has 1 unspecified atom stereocenters. The molecule has 0 amide bonds. The number of benzene rings is 1. The predicted octanol–water partition coefficient (Wildman–Crippen LogP) is 7.37. The second kappa shape index (κ2) is 12.3. The monoisotopic (exact) mass is 600 g/mol. The Balaban J connectivity index is 0.00000323. The van der Waals surface area contributed by atoms with E-state index >= 15 is 0 Å². The van der Waals surface area contributed by atoms with Gasteiger partial charge in [-0.25, -0.2) is 13.4 Å². The summed E-state index contributed by atoms with van der Waals surface area (Å²) in [6.45, 7) is 7.95. The van der Waals surface area contributed by atoms with E-state index in [1.54, 1.807) is 28.8 Å². The fourth-order valence-corrected chi connectivity index (χ4v) is 9.62. The highest BCUT2D eigenvalue weighted by atomic mass is 32.2. The lowest BCUT2D eigenvalue weighted by molar-refractivity contribution is 0.0722. The predicted molar refractivity (Wildman–Crippen MR) is 167 cm³/mol. The van der Waals surface area contributed by atoms with Crippen molar-refractivity contribution in [2.24, 2.45) is 5.92 Å². The van der Waals surface area contributed by atoms with Crippen molar-refractivity contribution < 1.29 is 13.2 Å². The molecule has 10 heteroatoms. The minimum absolute atomic E-state index is 0. The Morgan fingerprint density at radius 3 is 2.70 bits per heavy atom. The van der Waals surface area contributed by atoms with Gasteiger partial charge in [-0.05, 0) is 88.5 Å². The third kappa shape index (κ3) is 6.01. The number of aromatic amines is 1. The molecule has 2 fully saturated rings. The van der Waals surface area contributed by atoms with Crippen LogP contribution in [0.5, 0.6) is 0 Å². The molecule has 1 atom stereocenters. The number of thiophene rings is 1. The number of nitrogens with one attached hydrogen (secondary N) is 1. The van der Waals surface area contributed by atoms with Crippen molar-refractivity contribution in [3.8, 4) is 10.7 Å². The molecular formula is C30H40N4O3S3. The van der Waals surface area contributed by atoms with Gasteiger partial charge in [0.1, 0.15) is 9.22 Å². The van der Waals surface area contributed by atoms with E-state index in [0.29, 0.717) is 16.0 Å². The van der Waals surface area contributed by atoms with Crippen molar-refractivity contribution in [1.82, 2.24) is 14.9 Å². The van der Waals surface area contributed by atoms with E-state index in [1.165, 1.54) is 52.6 Å². The highest BCUT2D eigenvalue weighted by Crippen LogP contribution is 2.37. The molecule has 5 heterocycles. The number of nitrogens with zero attached hydrogens (tertiary/aromatic N) is 3. The highest BCUT2D eigenvalue weighted by molar-refractivity contribution is 7.94. The van der Waals surface area contributed by atoms with Crippen LogP contribution in [0, 0.1) is 5.92 Å². The molecule has 216 valence electrons. The molecule has 6 rings (SSSR count). The van der Waals surface area contributed by atoms with E-state index in [2.05, 4.69) is 16.0 Å². The fraction of sp³-hybridized carbons (Fsp3) is 0.500. The molecule has 0 spiro atoms. The number of hydrogen-bond acceptors (Lipinski definition) is 7. The number of H-pyrrole nitrogens is 1. The molecule has 40 heavy (non-hydrogen) atoms. The van der Waals surface area contributed by atoms with Crippen LogP contribution in [0.1, 0.15) is 58.3 Å². The second-order valence-electron chi connectivity index (χ2n) is 11.0. The smallest absolute Gasteiger partial charge is 0.274 e. The zero-order valence-corrected chi connectivity index (χ0v) is 25.0. The van der Waals surface area contributed by atoms with E-state index < -0.39 is 10.0 Å². The van der Waals surface area contributed by atoms with Crippen LogP contribution >= 0.6 is 22.7 Å². The van der Waals surface area contributed by atoms with Crippen LogP contribution < -0.4 is 4.31 Å². The molecule has 3 aromatic heterocycles. The standard InChI is InChI=1S/C29H36N4O3S3.CH4/c1-20(2)33(39(34,35)27-9-5-15-37-27)26-8-3-6-22-17-25(31-28(22)26)29-30-18-24(38-29)19-32-12-10-21(11-13-32)16-23-7-4-14-36-23;/h3,5-6,8-9,15,17-18,20-21,23,31H,4,7,10-14,16,19H2,1-2H3;1H4. The number of anilines is 1. The second-order valence-corrected chi connectivity index (χ2v) is 15.1. The van der Waals surface area contributed by atoms with Crippen LogP contribution in [-0.2, 0) is 21.3 Å². The van der Waals surface area contributed by atoms with Crippen molar-refractivity contribution in [1.29, 1.82) is 0 Å². The maximum atomic E-state index is 13.6. The summed E-state index contributed by atoms with van der Waals surface area (Å²) in [6.07, 6.45) is 8.66. The van der Waals surface area contributed by atoms with Gasteiger partial charge >= 0.3 is 0 Å². The Morgan fingerprint density at radius 1 is 1.18 bits per heavy atom. The third-order valence-corrected chi connectivity index (χ3v) is 12.2. The summed E-state index contributed by atoms with van der Waals surface area (Å²) in [4.78, 5) is 12.1. The van der Waals surface area contributed by atoms with Crippen LogP contribution in [0.4, 0.5) is 5.69 Å². The summed E-state index contributed by atoms with van der Waals surface area (Å²) >= 11 is 2.96. The molecule has 0 radical (unpaired) electrons. The van der Waals surface area contributed by atoms with Crippen LogP contribution in [0.25, 0.3) is 21.6 Å². The van der Waals surface area contributed by atoms with Crippen molar-refractivity contribution in [3.05, 3.63) is 52.9 Å². The van der Waals surface area contributed by atoms with Gasteiger partial charge in [-0.2, -0.15) is 0 Å². The third-order valence-electron chi connectivity index (χ3n) is 7.84. The number of sulfonamides is 1. The van der Waals surface area contributed by atoms with Gasteiger partial charge in [-0.15, -0.1) is 22.7 Å². The molecule has 0 bridgehead atoms. The van der Waals surface area contributed by atoms with Gasteiger partial charge in [-0.1, -0.05) is 25.6 Å². The van der Waals surface area contributed by atoms with E-state index in [1.807, 2.05) is 38.2 Å². The normalized spacial score (nSPS) is 18.9. The van der Waals surface area contributed by atoms with Gasteiger partial charge < -0.3 is 9.72 Å². The number of piperidine rings is 1. The summed E-state index contributed by atoms with van der Waals surface area (Å²) in [6, 6.07) is 11.1. The summed E-state index contributed by atoms with van der Waals surface area (Å²) < 4.78 is 34.8. The largest absolute Gasteiger partial charge is 0.378 e. The fourth-order valence-electron chi connectivity index (χ4n) is 5.94. The number of ether oxygens (including phenoxy) is 1. The average molecular weight is 601 g/mol. The molecule has 2 saturated heterocycles. The van der Waals surface area contributed by atoms with Crippen molar-refractivity contribution >= 4 is 49.3 Å². The van der Waals surface area contributed by atoms with E-state index in [-0.39, 0.29) is 13.5 Å². The Kier molecular flexibility index (Phi) is 9.01. The minimum atomic E-state index is -3.67. The molecule has 0 saturated carbocycles. The van der Waals surface area contributed by atoms with Crippen LogP contribution in [0.15, 0.2) is 52.2 Å². The van der Waals surface area contributed by atoms with E-state index in [4.69, 9.17) is 9.72 Å². The lowest BCUT2D eigenvalue weighted by atomic mass is 9.90. The van der Waals surface area contributed by atoms with Gasteiger partial charge in [0.15, 0.2) is 0 Å². The number of thiazole rings is 1. The number of rotatable bonds is 9. The topological polar surface area (TPSA) is 78.5 Å². The molecule has 1 aromatic carbocycles. The van der Waals surface area contributed by atoms with E-state index in [9.17, 15) is 8.42 Å². The van der Waals surface area contributed by atoms with Gasteiger partial charge in [0, 0.05) is 35.7 Å². The highest BCUT2D eigenvalue weighted by Gasteiger charge is 2.30. The first-order valence-corrected chi connectivity index (χ1v) is 17.0. The number of para-hydroxylation sites is 1. The number of hydrogen-bond donors (Lipinski definition) is 1. The molecule has 1 N–H and O–H groups in total. The van der Waals surface area contributed by atoms with E-state index in [0.717, 1.165) is 53.8 Å². The maximum Gasteiger partial charge on any atom is 0.274 e. The number of aromatic nitrogens is 2. The molecule has 2 aliphatic rings. The Bertz CT molecular complexity index is 1500. The van der Waals surface area contributed by atoms with Crippen LogP contribution in [0.2, 0.25) is 0 Å².